The maximum absolute atomic E-state index is 4.04. The molecule has 86 valence electrons. The molecule has 8 nitrogen and oxygen atoms in total. The molecule has 18 heavy (non-hydrogen) atoms. The Hall–Kier alpha value is -2.90. The van der Waals surface area contributed by atoms with Gasteiger partial charge in [-0.1, -0.05) is 24.3 Å². The number of H-pyrrole nitrogens is 1. The highest BCUT2D eigenvalue weighted by molar-refractivity contribution is 5.95. The predicted molar refractivity (Wildman–Crippen MR) is 61.5 cm³/mol. The summed E-state index contributed by atoms with van der Waals surface area (Å²) in [7, 11) is 0. The van der Waals surface area contributed by atoms with Crippen LogP contribution in [0.3, 0.4) is 0 Å². The van der Waals surface area contributed by atoms with Gasteiger partial charge < -0.3 is 0 Å². The van der Waals surface area contributed by atoms with E-state index in [4.69, 9.17) is 0 Å². The SMILES string of the molecule is c1ccc2c(c1)cc(-c1nnn[nH]1)n1nnnc21. The summed E-state index contributed by atoms with van der Waals surface area (Å²) in [4.78, 5) is 0. The lowest BCUT2D eigenvalue weighted by Crippen LogP contribution is -1.97. The van der Waals surface area contributed by atoms with Crippen molar-refractivity contribution in [2.75, 3.05) is 0 Å². The quantitative estimate of drug-likeness (QED) is 0.517. The zero-order chi connectivity index (χ0) is 11.9. The molecule has 0 saturated carbocycles. The molecular formula is C10H6N8. The molecule has 0 spiro atoms. The van der Waals surface area contributed by atoms with Gasteiger partial charge in [-0.25, -0.2) is 5.10 Å². The first-order valence-corrected chi connectivity index (χ1v) is 5.27. The Morgan fingerprint density at radius 3 is 2.89 bits per heavy atom. The number of hydrogen-bond donors (Lipinski definition) is 1. The molecule has 4 rings (SSSR count). The number of nitrogens with one attached hydrogen (secondary N) is 1. The molecule has 0 radical (unpaired) electrons. The molecule has 3 aromatic heterocycles. The van der Waals surface area contributed by atoms with Crippen LogP contribution in [0.25, 0.3) is 27.9 Å². The Kier molecular flexibility index (Phi) is 1.68. The lowest BCUT2D eigenvalue weighted by atomic mass is 10.1. The van der Waals surface area contributed by atoms with Crippen LogP contribution >= 0.6 is 0 Å². The fraction of sp³-hybridized carbons (Fsp3) is 0. The van der Waals surface area contributed by atoms with E-state index in [0.717, 1.165) is 16.5 Å². The monoisotopic (exact) mass is 238 g/mol. The molecular weight excluding hydrogens is 232 g/mol. The third-order valence-electron chi connectivity index (χ3n) is 2.78. The lowest BCUT2D eigenvalue weighted by Gasteiger charge is -2.03. The van der Waals surface area contributed by atoms with Crippen molar-refractivity contribution in [1.29, 1.82) is 0 Å². The van der Waals surface area contributed by atoms with Crippen LogP contribution < -0.4 is 0 Å². The minimum atomic E-state index is 0.526. The van der Waals surface area contributed by atoms with Crippen LogP contribution in [-0.2, 0) is 0 Å². The number of aromatic nitrogens is 8. The molecule has 1 aromatic carbocycles. The van der Waals surface area contributed by atoms with Gasteiger partial charge in [-0.15, -0.1) is 10.2 Å². The summed E-state index contributed by atoms with van der Waals surface area (Å²) in [5.74, 6) is 0.526. The standard InChI is InChI=1S/C10H6N8/c1-2-4-7-6(3-1)5-8(9-11-14-15-12-9)18-10(7)13-16-17-18/h1-5H,(H,11,12,14,15). The fourth-order valence-corrected chi connectivity index (χ4v) is 1.99. The van der Waals surface area contributed by atoms with Crippen molar-refractivity contribution in [3.8, 4) is 11.5 Å². The van der Waals surface area contributed by atoms with Crippen molar-refractivity contribution in [1.82, 2.24) is 40.7 Å². The summed E-state index contributed by atoms with van der Waals surface area (Å²) in [6.07, 6.45) is 0. The molecule has 0 bridgehead atoms. The first-order chi connectivity index (χ1) is 8.93. The molecule has 1 N–H and O–H groups in total. The first-order valence-electron chi connectivity index (χ1n) is 5.27. The minimum Gasteiger partial charge on any atom is -0.238 e. The zero-order valence-electron chi connectivity index (χ0n) is 9.02. The third kappa shape index (κ3) is 1.14. The molecule has 0 atom stereocenters. The van der Waals surface area contributed by atoms with Crippen molar-refractivity contribution < 1.29 is 0 Å². The van der Waals surface area contributed by atoms with Crippen molar-refractivity contribution in [2.45, 2.75) is 0 Å². The Labute approximate surface area is 99.6 Å². The number of rotatable bonds is 1. The molecule has 8 heteroatoms. The maximum Gasteiger partial charge on any atom is 0.198 e. The second-order valence-corrected chi connectivity index (χ2v) is 3.78. The Morgan fingerprint density at radius 2 is 2.00 bits per heavy atom. The number of pyridine rings is 1. The fourth-order valence-electron chi connectivity index (χ4n) is 1.99. The summed E-state index contributed by atoms with van der Waals surface area (Å²) in [6.45, 7) is 0. The van der Waals surface area contributed by atoms with E-state index in [1.165, 1.54) is 0 Å². The third-order valence-corrected chi connectivity index (χ3v) is 2.78. The highest BCUT2D eigenvalue weighted by Crippen LogP contribution is 2.23. The summed E-state index contributed by atoms with van der Waals surface area (Å²) in [6, 6.07) is 9.83. The highest BCUT2D eigenvalue weighted by Gasteiger charge is 2.12. The van der Waals surface area contributed by atoms with Crippen molar-refractivity contribution in [2.24, 2.45) is 0 Å². The van der Waals surface area contributed by atoms with E-state index in [9.17, 15) is 0 Å². The molecule has 0 unspecified atom stereocenters. The molecule has 0 aliphatic heterocycles. The zero-order valence-corrected chi connectivity index (χ0v) is 9.02. The van der Waals surface area contributed by atoms with Crippen molar-refractivity contribution >= 4 is 16.4 Å². The normalized spacial score (nSPS) is 11.3. The van der Waals surface area contributed by atoms with Gasteiger partial charge in [-0.3, -0.25) is 0 Å². The number of tetrazole rings is 2. The Bertz CT molecular complexity index is 831. The average molecular weight is 238 g/mol. The number of nitrogens with zero attached hydrogens (tertiary/aromatic N) is 7. The van der Waals surface area contributed by atoms with E-state index in [-0.39, 0.29) is 0 Å². The Balaban J connectivity index is 2.21. The largest absolute Gasteiger partial charge is 0.238 e. The number of hydrogen-bond acceptors (Lipinski definition) is 6. The van der Waals surface area contributed by atoms with Crippen LogP contribution in [0.2, 0.25) is 0 Å². The van der Waals surface area contributed by atoms with E-state index >= 15 is 0 Å². The molecule has 0 saturated heterocycles. The molecule has 3 heterocycles. The van der Waals surface area contributed by atoms with Gasteiger partial charge in [-0.2, -0.15) is 4.52 Å². The van der Waals surface area contributed by atoms with Crippen LogP contribution in [-0.4, -0.2) is 40.7 Å². The smallest absolute Gasteiger partial charge is 0.198 e. The molecule has 0 aliphatic rings. The van der Waals surface area contributed by atoms with Crippen LogP contribution in [0.1, 0.15) is 0 Å². The second-order valence-electron chi connectivity index (χ2n) is 3.78. The summed E-state index contributed by atoms with van der Waals surface area (Å²) in [5.41, 5.74) is 1.40. The van der Waals surface area contributed by atoms with Crippen LogP contribution in [0, 0.1) is 0 Å². The van der Waals surface area contributed by atoms with Crippen molar-refractivity contribution in [3.05, 3.63) is 30.3 Å². The number of benzene rings is 1. The summed E-state index contributed by atoms with van der Waals surface area (Å²) >= 11 is 0. The van der Waals surface area contributed by atoms with Gasteiger partial charge in [0.25, 0.3) is 0 Å². The minimum absolute atomic E-state index is 0.526. The van der Waals surface area contributed by atoms with Crippen LogP contribution in [0.15, 0.2) is 30.3 Å². The van der Waals surface area contributed by atoms with Gasteiger partial charge in [0.1, 0.15) is 5.69 Å². The number of fused-ring (bicyclic) bond motifs is 3. The van der Waals surface area contributed by atoms with Gasteiger partial charge >= 0.3 is 0 Å². The topological polar surface area (TPSA) is 97.5 Å². The van der Waals surface area contributed by atoms with E-state index in [2.05, 4.69) is 36.1 Å². The van der Waals surface area contributed by atoms with Gasteiger partial charge in [-0.05, 0) is 32.3 Å². The van der Waals surface area contributed by atoms with E-state index in [1.807, 2.05) is 30.3 Å². The summed E-state index contributed by atoms with van der Waals surface area (Å²) < 4.78 is 1.62. The second kappa shape index (κ2) is 3.29. The van der Waals surface area contributed by atoms with Crippen LogP contribution in [0.4, 0.5) is 0 Å². The Morgan fingerprint density at radius 1 is 1.06 bits per heavy atom. The van der Waals surface area contributed by atoms with E-state index in [0.29, 0.717) is 11.5 Å². The average Bonchev–Trinajstić information content (AvgIpc) is 3.09. The van der Waals surface area contributed by atoms with Crippen molar-refractivity contribution in [3.63, 3.8) is 0 Å². The van der Waals surface area contributed by atoms with Crippen LogP contribution in [0.5, 0.6) is 0 Å². The molecule has 0 fully saturated rings. The van der Waals surface area contributed by atoms with Gasteiger partial charge in [0, 0.05) is 5.39 Å². The summed E-state index contributed by atoms with van der Waals surface area (Å²) in [5, 5.41) is 27.5. The van der Waals surface area contributed by atoms with Gasteiger partial charge in [0.05, 0.1) is 0 Å². The predicted octanol–water partition coefficient (Wildman–Crippen LogP) is 0.458. The molecule has 0 amide bonds. The van der Waals surface area contributed by atoms with Gasteiger partial charge in [0.2, 0.25) is 0 Å². The lowest BCUT2D eigenvalue weighted by molar-refractivity contribution is 0.824. The van der Waals surface area contributed by atoms with E-state index in [1.54, 1.807) is 4.52 Å². The molecule has 4 aromatic rings. The first kappa shape index (κ1) is 9.16. The maximum atomic E-state index is 4.04. The highest BCUT2D eigenvalue weighted by atomic mass is 15.5. The number of aromatic amines is 1. The van der Waals surface area contributed by atoms with E-state index < -0.39 is 0 Å². The molecule has 0 aliphatic carbocycles. The van der Waals surface area contributed by atoms with Gasteiger partial charge in [0.15, 0.2) is 11.5 Å².